The van der Waals surface area contributed by atoms with E-state index in [2.05, 4.69) is 15.9 Å². The highest BCUT2D eigenvalue weighted by atomic mass is 79.9. The van der Waals surface area contributed by atoms with Gasteiger partial charge in [0.05, 0.1) is 17.7 Å². The summed E-state index contributed by atoms with van der Waals surface area (Å²) in [6.07, 6.45) is 2.30. The first-order chi connectivity index (χ1) is 12.8. The number of esters is 1. The molecule has 1 aliphatic heterocycles. The van der Waals surface area contributed by atoms with Crippen molar-refractivity contribution in [2.75, 3.05) is 7.11 Å². The van der Waals surface area contributed by atoms with Crippen LogP contribution in [0.15, 0.2) is 28.8 Å². The van der Waals surface area contributed by atoms with Crippen LogP contribution in [0.2, 0.25) is 0 Å². The van der Waals surface area contributed by atoms with E-state index < -0.39 is 30.1 Å². The average Bonchev–Trinajstić information content (AvgIpc) is 2.62. The summed E-state index contributed by atoms with van der Waals surface area (Å²) in [5.74, 6) is -1.38. The first kappa shape index (κ1) is 21.1. The molecule has 8 heteroatoms. The van der Waals surface area contributed by atoms with Crippen LogP contribution in [0.1, 0.15) is 35.7 Å². The third-order valence-corrected chi connectivity index (χ3v) is 4.86. The molecule has 0 fully saturated rings. The molecule has 0 saturated heterocycles. The summed E-state index contributed by atoms with van der Waals surface area (Å²) >= 11 is 3.34. The maximum atomic E-state index is 12.6. The van der Waals surface area contributed by atoms with Gasteiger partial charge in [0, 0.05) is 18.1 Å². The number of aromatic hydroxyl groups is 1. The van der Waals surface area contributed by atoms with Gasteiger partial charge >= 0.3 is 5.97 Å². The normalized spacial score (nSPS) is 26.5. The Bertz CT molecular complexity index is 785. The number of fused-ring (bicyclic) bond motifs is 1. The smallest absolute Gasteiger partial charge is 0.342 e. The third kappa shape index (κ3) is 4.97. The monoisotopic (exact) mass is 440 g/mol. The zero-order valence-electron chi connectivity index (χ0n) is 14.9. The number of ketones is 1. The van der Waals surface area contributed by atoms with Crippen molar-refractivity contribution in [1.29, 1.82) is 0 Å². The number of hydrogen-bond donors (Lipinski definition) is 3. The maximum Gasteiger partial charge on any atom is 0.342 e. The predicted molar refractivity (Wildman–Crippen MR) is 102 cm³/mol. The summed E-state index contributed by atoms with van der Waals surface area (Å²) in [6.45, 7) is 1.63. The molecule has 1 aromatic rings. The molecule has 27 heavy (non-hydrogen) atoms. The van der Waals surface area contributed by atoms with E-state index in [1.807, 2.05) is 0 Å². The number of methoxy groups -OCH3 is 1. The summed E-state index contributed by atoms with van der Waals surface area (Å²) in [7, 11) is 1.41. The minimum atomic E-state index is -1.56. The topological polar surface area (TPSA) is 113 Å². The number of cyclic esters (lactones) is 1. The molecule has 0 amide bonds. The van der Waals surface area contributed by atoms with Crippen molar-refractivity contribution in [1.82, 2.24) is 0 Å². The van der Waals surface area contributed by atoms with Crippen LogP contribution in [0, 0.1) is 0 Å². The molecule has 0 aliphatic carbocycles. The number of carbonyl (C=O) groups excluding carboxylic acids is 2. The zero-order valence-corrected chi connectivity index (χ0v) is 16.5. The Morgan fingerprint density at radius 2 is 1.85 bits per heavy atom. The predicted octanol–water partition coefficient (Wildman–Crippen LogP) is 2.36. The Hall–Kier alpha value is -2.16. The van der Waals surface area contributed by atoms with Gasteiger partial charge in [-0.3, -0.25) is 4.79 Å². The Morgan fingerprint density at radius 3 is 2.52 bits per heavy atom. The fraction of sp³-hybridized carbons (Fsp3) is 0.368. The van der Waals surface area contributed by atoms with E-state index in [4.69, 9.17) is 9.47 Å². The molecule has 1 aromatic carbocycles. The summed E-state index contributed by atoms with van der Waals surface area (Å²) in [4.78, 5) is 24.4. The molecule has 146 valence electrons. The van der Waals surface area contributed by atoms with Crippen molar-refractivity contribution in [2.45, 2.75) is 38.1 Å². The Morgan fingerprint density at radius 1 is 1.19 bits per heavy atom. The number of ether oxygens (including phenoxy) is 2. The van der Waals surface area contributed by atoms with Gasteiger partial charge in [0.25, 0.3) is 0 Å². The van der Waals surface area contributed by atoms with Gasteiger partial charge < -0.3 is 24.8 Å². The van der Waals surface area contributed by atoms with E-state index in [9.17, 15) is 24.9 Å². The van der Waals surface area contributed by atoms with E-state index in [-0.39, 0.29) is 24.2 Å². The number of halogens is 1. The van der Waals surface area contributed by atoms with Gasteiger partial charge in [0.2, 0.25) is 0 Å². The first-order valence-electron chi connectivity index (χ1n) is 8.29. The van der Waals surface area contributed by atoms with Gasteiger partial charge in [0.15, 0.2) is 5.78 Å². The molecule has 0 radical (unpaired) electrons. The molecule has 0 saturated carbocycles. The molecule has 1 heterocycles. The summed E-state index contributed by atoms with van der Waals surface area (Å²) in [6, 6.07) is 1.29. The lowest BCUT2D eigenvalue weighted by Gasteiger charge is -2.17. The number of aliphatic hydroxyl groups is 2. The fourth-order valence-electron chi connectivity index (χ4n) is 2.57. The van der Waals surface area contributed by atoms with Crippen molar-refractivity contribution in [3.05, 3.63) is 39.9 Å². The van der Waals surface area contributed by atoms with Crippen molar-refractivity contribution < 1.29 is 34.4 Å². The lowest BCUT2D eigenvalue weighted by Crippen LogP contribution is -2.32. The number of carbonyl (C=O) groups is 2. The number of aliphatic hydroxyl groups excluding tert-OH is 2. The summed E-state index contributed by atoms with van der Waals surface area (Å²) in [5.41, 5.74) is 0.239. The van der Waals surface area contributed by atoms with Gasteiger partial charge in [-0.25, -0.2) is 4.79 Å². The Kier molecular flexibility index (Phi) is 7.18. The second-order valence-electron chi connectivity index (χ2n) is 6.11. The van der Waals surface area contributed by atoms with Crippen LogP contribution in [0.5, 0.6) is 11.5 Å². The van der Waals surface area contributed by atoms with Crippen LogP contribution in [-0.2, 0) is 9.53 Å². The fourth-order valence-corrected chi connectivity index (χ4v) is 3.17. The number of rotatable bonds is 1. The molecule has 0 bridgehead atoms. The molecule has 3 N–H and O–H groups in total. The highest BCUT2D eigenvalue weighted by Crippen LogP contribution is 2.38. The molecular formula is C19H21BrO7. The second-order valence-corrected chi connectivity index (χ2v) is 6.90. The van der Waals surface area contributed by atoms with Gasteiger partial charge in [-0.1, -0.05) is 18.2 Å². The van der Waals surface area contributed by atoms with Crippen LogP contribution in [-0.4, -0.2) is 52.5 Å². The minimum Gasteiger partial charge on any atom is -0.507 e. The van der Waals surface area contributed by atoms with Crippen molar-refractivity contribution in [3.63, 3.8) is 0 Å². The largest absolute Gasteiger partial charge is 0.507 e. The van der Waals surface area contributed by atoms with Crippen LogP contribution < -0.4 is 4.74 Å². The van der Waals surface area contributed by atoms with Crippen molar-refractivity contribution >= 4 is 33.8 Å². The SMILES string of the molecule is COc1cc(O)c2c(c1Br)/C=C\C[C@H](O)[C@H](O)C(=O)/C=C\C[C@H](C)OC2=O. The lowest BCUT2D eigenvalue weighted by molar-refractivity contribution is -0.127. The standard InChI is InChI=1S/C19H21BrO7/c1-10-5-3-7-12(21)18(24)13(22)8-4-6-11-16(19(25)27-10)14(23)9-15(26-2)17(11)20/h3-4,6-7,9-10,13,18,22-24H,5,8H2,1-2H3/b6-4-,7-3-/t10-,13-,18+/m0/s1. The molecule has 0 spiro atoms. The summed E-state index contributed by atoms with van der Waals surface area (Å²) in [5, 5.41) is 30.2. The quantitative estimate of drug-likeness (QED) is 0.574. The van der Waals surface area contributed by atoms with Crippen LogP contribution in [0.3, 0.4) is 0 Å². The Balaban J connectivity index is 2.54. The van der Waals surface area contributed by atoms with E-state index in [1.54, 1.807) is 6.92 Å². The first-order valence-corrected chi connectivity index (χ1v) is 9.09. The van der Waals surface area contributed by atoms with Crippen LogP contribution >= 0.6 is 15.9 Å². The number of benzene rings is 1. The second kappa shape index (κ2) is 9.16. The zero-order chi connectivity index (χ0) is 20.1. The van der Waals surface area contributed by atoms with Crippen LogP contribution in [0.25, 0.3) is 6.08 Å². The van der Waals surface area contributed by atoms with E-state index in [0.29, 0.717) is 15.8 Å². The number of phenols is 1. The molecule has 0 unspecified atom stereocenters. The summed E-state index contributed by atoms with van der Waals surface area (Å²) < 4.78 is 10.9. The maximum absolute atomic E-state index is 12.6. The van der Waals surface area contributed by atoms with Crippen LogP contribution in [0.4, 0.5) is 0 Å². The molecule has 7 nitrogen and oxygen atoms in total. The minimum absolute atomic E-state index is 0.0456. The number of phenolic OH excluding ortho intramolecular Hbond substituents is 1. The molecular weight excluding hydrogens is 420 g/mol. The molecule has 3 atom stereocenters. The molecule has 0 aromatic heterocycles. The average molecular weight is 441 g/mol. The molecule has 1 aliphatic rings. The number of hydrogen-bond acceptors (Lipinski definition) is 7. The van der Waals surface area contributed by atoms with E-state index >= 15 is 0 Å². The van der Waals surface area contributed by atoms with E-state index in [0.717, 1.165) is 6.08 Å². The van der Waals surface area contributed by atoms with Crippen molar-refractivity contribution in [3.8, 4) is 11.5 Å². The van der Waals surface area contributed by atoms with E-state index in [1.165, 1.54) is 31.4 Å². The third-order valence-electron chi connectivity index (χ3n) is 4.05. The lowest BCUT2D eigenvalue weighted by atomic mass is 10.0. The Labute approximate surface area is 165 Å². The highest BCUT2D eigenvalue weighted by molar-refractivity contribution is 9.10. The van der Waals surface area contributed by atoms with Gasteiger partial charge in [0.1, 0.15) is 29.3 Å². The van der Waals surface area contributed by atoms with Crippen molar-refractivity contribution in [2.24, 2.45) is 0 Å². The molecule has 2 rings (SSSR count). The van der Waals surface area contributed by atoms with Gasteiger partial charge in [-0.05, 0) is 35.4 Å². The van der Waals surface area contributed by atoms with Gasteiger partial charge in [-0.2, -0.15) is 0 Å². The highest BCUT2D eigenvalue weighted by Gasteiger charge is 2.25. The van der Waals surface area contributed by atoms with Gasteiger partial charge in [-0.15, -0.1) is 0 Å².